The minimum Gasteiger partial charge on any atom is -0.447 e. The van der Waals surface area contributed by atoms with Gasteiger partial charge < -0.3 is 14.8 Å². The van der Waals surface area contributed by atoms with E-state index in [1.54, 1.807) is 0 Å². The number of benzene rings is 1. The first-order valence-corrected chi connectivity index (χ1v) is 5.80. The van der Waals surface area contributed by atoms with Gasteiger partial charge in [-0.3, -0.25) is 0 Å². The second kappa shape index (κ2) is 5.19. The van der Waals surface area contributed by atoms with Crippen LogP contribution in [0.4, 0.5) is 4.79 Å². The van der Waals surface area contributed by atoms with Crippen LogP contribution in [0.2, 0.25) is 0 Å². The standard InChI is InChI=1S/C13H17NO3/c1-9(2)17-12(10-6-4-3-5-7-10)11-8-16-13(15)14-11/h3-7,9,11-12H,8H2,1-2H3,(H,14,15)/t11-,12+/m1/s1. The van der Waals surface area contributed by atoms with Gasteiger partial charge in [0.15, 0.2) is 0 Å². The fraction of sp³-hybridized carbons (Fsp3) is 0.462. The van der Waals surface area contributed by atoms with Crippen LogP contribution in [0, 0.1) is 0 Å². The Morgan fingerprint density at radius 2 is 2.06 bits per heavy atom. The van der Waals surface area contributed by atoms with Gasteiger partial charge in [0.05, 0.1) is 12.1 Å². The number of carbonyl (C=O) groups excluding carboxylic acids is 1. The Labute approximate surface area is 101 Å². The predicted octanol–water partition coefficient (Wildman–Crippen LogP) is 2.26. The first-order valence-electron chi connectivity index (χ1n) is 5.80. The molecule has 1 heterocycles. The molecule has 92 valence electrons. The number of nitrogens with one attached hydrogen (secondary N) is 1. The van der Waals surface area contributed by atoms with Gasteiger partial charge in [0.25, 0.3) is 0 Å². The molecule has 0 unspecified atom stereocenters. The minimum atomic E-state index is -0.372. The number of rotatable bonds is 4. The van der Waals surface area contributed by atoms with E-state index in [0.717, 1.165) is 5.56 Å². The van der Waals surface area contributed by atoms with Crippen molar-refractivity contribution in [2.45, 2.75) is 32.1 Å². The Bertz CT molecular complexity index is 378. The third-order valence-electron chi connectivity index (χ3n) is 2.61. The van der Waals surface area contributed by atoms with Crippen molar-refractivity contribution in [2.24, 2.45) is 0 Å². The molecule has 2 rings (SSSR count). The van der Waals surface area contributed by atoms with E-state index in [2.05, 4.69) is 5.32 Å². The first kappa shape index (κ1) is 11.9. The van der Waals surface area contributed by atoms with Crippen LogP contribution in [0.3, 0.4) is 0 Å². The van der Waals surface area contributed by atoms with Gasteiger partial charge in [-0.25, -0.2) is 4.79 Å². The zero-order chi connectivity index (χ0) is 12.3. The third-order valence-corrected chi connectivity index (χ3v) is 2.61. The molecule has 4 heteroatoms. The first-order chi connectivity index (χ1) is 8.16. The summed E-state index contributed by atoms with van der Waals surface area (Å²) in [7, 11) is 0. The number of cyclic esters (lactones) is 1. The maximum absolute atomic E-state index is 11.1. The van der Waals surface area contributed by atoms with Gasteiger partial charge in [0.1, 0.15) is 12.7 Å². The van der Waals surface area contributed by atoms with Crippen LogP contribution in [0.25, 0.3) is 0 Å². The summed E-state index contributed by atoms with van der Waals surface area (Å²) in [6.07, 6.45) is -0.441. The number of ether oxygens (including phenoxy) is 2. The monoisotopic (exact) mass is 235 g/mol. The molecule has 0 aliphatic carbocycles. The summed E-state index contributed by atoms with van der Waals surface area (Å²) in [4.78, 5) is 11.1. The fourth-order valence-corrected chi connectivity index (χ4v) is 1.90. The summed E-state index contributed by atoms with van der Waals surface area (Å²) in [5.74, 6) is 0. The summed E-state index contributed by atoms with van der Waals surface area (Å²) >= 11 is 0. The molecule has 1 aromatic carbocycles. The summed E-state index contributed by atoms with van der Waals surface area (Å²) in [5, 5.41) is 2.77. The van der Waals surface area contributed by atoms with E-state index in [1.165, 1.54) is 0 Å². The average Bonchev–Trinajstić information content (AvgIpc) is 2.73. The molecule has 0 spiro atoms. The molecule has 0 saturated carbocycles. The van der Waals surface area contributed by atoms with Gasteiger partial charge in [-0.15, -0.1) is 0 Å². The molecule has 1 amide bonds. The van der Waals surface area contributed by atoms with Crippen molar-refractivity contribution < 1.29 is 14.3 Å². The molecule has 17 heavy (non-hydrogen) atoms. The summed E-state index contributed by atoms with van der Waals surface area (Å²) in [5.41, 5.74) is 1.05. The molecule has 4 nitrogen and oxygen atoms in total. The van der Waals surface area contributed by atoms with Gasteiger partial charge in [-0.1, -0.05) is 30.3 Å². The lowest BCUT2D eigenvalue weighted by Gasteiger charge is -2.24. The highest BCUT2D eigenvalue weighted by Crippen LogP contribution is 2.25. The normalized spacial score (nSPS) is 21.1. The lowest BCUT2D eigenvalue weighted by Crippen LogP contribution is -2.35. The minimum absolute atomic E-state index is 0.0951. The molecule has 1 aliphatic heterocycles. The van der Waals surface area contributed by atoms with Crippen molar-refractivity contribution in [1.29, 1.82) is 0 Å². The molecular formula is C13H17NO3. The van der Waals surface area contributed by atoms with E-state index in [9.17, 15) is 4.79 Å². The maximum Gasteiger partial charge on any atom is 0.407 e. The highest BCUT2D eigenvalue weighted by atomic mass is 16.6. The van der Waals surface area contributed by atoms with Crippen molar-refractivity contribution in [3.05, 3.63) is 35.9 Å². The fourth-order valence-electron chi connectivity index (χ4n) is 1.90. The van der Waals surface area contributed by atoms with Gasteiger partial charge in [-0.05, 0) is 19.4 Å². The van der Waals surface area contributed by atoms with Crippen LogP contribution in [0.5, 0.6) is 0 Å². The quantitative estimate of drug-likeness (QED) is 0.870. The lowest BCUT2D eigenvalue weighted by molar-refractivity contribution is -0.0137. The van der Waals surface area contributed by atoms with Crippen LogP contribution < -0.4 is 5.32 Å². The van der Waals surface area contributed by atoms with Gasteiger partial charge in [0, 0.05) is 0 Å². The van der Waals surface area contributed by atoms with E-state index in [4.69, 9.17) is 9.47 Å². The smallest absolute Gasteiger partial charge is 0.407 e. The van der Waals surface area contributed by atoms with Crippen LogP contribution in [-0.4, -0.2) is 24.8 Å². The van der Waals surface area contributed by atoms with E-state index < -0.39 is 0 Å². The molecule has 1 fully saturated rings. The molecule has 0 radical (unpaired) electrons. The topological polar surface area (TPSA) is 47.6 Å². The van der Waals surface area contributed by atoms with Crippen LogP contribution in [0.15, 0.2) is 30.3 Å². The highest BCUT2D eigenvalue weighted by molar-refractivity contribution is 5.69. The van der Waals surface area contributed by atoms with Crippen molar-refractivity contribution in [3.63, 3.8) is 0 Å². The number of hydrogen-bond donors (Lipinski definition) is 1. The Hall–Kier alpha value is -1.55. The number of carbonyl (C=O) groups is 1. The molecule has 1 saturated heterocycles. The zero-order valence-corrected chi connectivity index (χ0v) is 10.1. The van der Waals surface area contributed by atoms with Gasteiger partial charge in [0.2, 0.25) is 0 Å². The van der Waals surface area contributed by atoms with Crippen LogP contribution >= 0.6 is 0 Å². The van der Waals surface area contributed by atoms with Gasteiger partial charge >= 0.3 is 6.09 Å². The molecule has 2 atom stereocenters. The van der Waals surface area contributed by atoms with Gasteiger partial charge in [-0.2, -0.15) is 0 Å². The lowest BCUT2D eigenvalue weighted by atomic mass is 10.0. The molecule has 1 aromatic rings. The Morgan fingerprint density at radius 3 is 2.59 bits per heavy atom. The van der Waals surface area contributed by atoms with E-state index >= 15 is 0 Å². The van der Waals surface area contributed by atoms with Crippen molar-refractivity contribution in [2.75, 3.05) is 6.61 Å². The van der Waals surface area contributed by atoms with Crippen molar-refractivity contribution in [3.8, 4) is 0 Å². The van der Waals surface area contributed by atoms with E-state index in [1.807, 2.05) is 44.2 Å². The predicted molar refractivity (Wildman–Crippen MR) is 63.7 cm³/mol. The molecule has 1 aliphatic rings. The zero-order valence-electron chi connectivity index (χ0n) is 10.1. The molecule has 1 N–H and O–H groups in total. The SMILES string of the molecule is CC(C)O[C@@H](c1ccccc1)[C@H]1COC(=O)N1. The maximum atomic E-state index is 11.1. The van der Waals surface area contributed by atoms with E-state index in [0.29, 0.717) is 6.61 Å². The molecule has 0 aromatic heterocycles. The number of amides is 1. The van der Waals surface area contributed by atoms with Crippen LogP contribution in [-0.2, 0) is 9.47 Å². The van der Waals surface area contributed by atoms with E-state index in [-0.39, 0.29) is 24.3 Å². The second-order valence-electron chi connectivity index (χ2n) is 4.37. The average molecular weight is 235 g/mol. The summed E-state index contributed by atoms with van der Waals surface area (Å²) < 4.78 is 10.8. The van der Waals surface area contributed by atoms with Crippen LogP contribution in [0.1, 0.15) is 25.5 Å². The Morgan fingerprint density at radius 1 is 1.35 bits per heavy atom. The highest BCUT2D eigenvalue weighted by Gasteiger charge is 2.32. The Kier molecular flexibility index (Phi) is 3.64. The molecule has 0 bridgehead atoms. The third kappa shape index (κ3) is 2.97. The van der Waals surface area contributed by atoms with Crippen molar-refractivity contribution in [1.82, 2.24) is 5.32 Å². The molecular weight excluding hydrogens is 218 g/mol. The summed E-state index contributed by atoms with van der Waals surface area (Å²) in [6, 6.07) is 9.76. The largest absolute Gasteiger partial charge is 0.447 e. The van der Waals surface area contributed by atoms with Crippen molar-refractivity contribution >= 4 is 6.09 Å². The summed E-state index contributed by atoms with van der Waals surface area (Å²) in [6.45, 7) is 4.31. The number of hydrogen-bond acceptors (Lipinski definition) is 3. The Balaban J connectivity index is 2.16. The number of alkyl carbamates (subject to hydrolysis) is 1. The second-order valence-corrected chi connectivity index (χ2v) is 4.37.